The topological polar surface area (TPSA) is 46.2 Å². The van der Waals surface area contributed by atoms with Gasteiger partial charge in [-0.05, 0) is 53.1 Å². The zero-order valence-electron chi connectivity index (χ0n) is 16.1. The Balaban J connectivity index is 2.26. The zero-order chi connectivity index (χ0) is 18.8. The first-order chi connectivity index (χ1) is 11.5. The Hall–Kier alpha value is -1.81. The molecule has 1 N–H and O–H groups in total. The van der Waals surface area contributed by atoms with Gasteiger partial charge in [0.2, 0.25) is 0 Å². The van der Waals surface area contributed by atoms with Crippen LogP contribution in [-0.2, 0) is 27.5 Å². The maximum Gasteiger partial charge on any atom is 0.151 e. The van der Waals surface area contributed by atoms with Crippen molar-refractivity contribution in [3.05, 3.63) is 64.2 Å². The van der Waals surface area contributed by atoms with Crippen LogP contribution in [0.25, 0.3) is 0 Å². The van der Waals surface area contributed by atoms with Crippen molar-refractivity contribution >= 4 is 15.5 Å². The van der Waals surface area contributed by atoms with Crippen molar-refractivity contribution in [3.63, 3.8) is 0 Å². The molecule has 0 radical (unpaired) electrons. The van der Waals surface area contributed by atoms with Crippen LogP contribution in [0.4, 0.5) is 5.69 Å². The number of hydrogen-bond donors (Lipinski definition) is 1. The molecule has 0 amide bonds. The Morgan fingerprint density at radius 1 is 1.00 bits per heavy atom. The molecule has 0 saturated heterocycles. The van der Waals surface area contributed by atoms with Gasteiger partial charge in [-0.25, -0.2) is 8.42 Å². The first kappa shape index (κ1) is 19.5. The van der Waals surface area contributed by atoms with Gasteiger partial charge in [-0.15, -0.1) is 0 Å². The minimum absolute atomic E-state index is 0.0527. The quantitative estimate of drug-likeness (QED) is 0.837. The van der Waals surface area contributed by atoms with Crippen LogP contribution in [0.1, 0.15) is 48.6 Å². The van der Waals surface area contributed by atoms with Crippen molar-refractivity contribution < 1.29 is 8.42 Å². The molecule has 0 spiro atoms. The fraction of sp³-hybridized carbons (Fsp3) is 0.429. The molecule has 0 saturated carbocycles. The molecule has 0 heterocycles. The first-order valence-electron chi connectivity index (χ1n) is 8.57. The highest BCUT2D eigenvalue weighted by molar-refractivity contribution is 7.89. The summed E-state index contributed by atoms with van der Waals surface area (Å²) in [6, 6.07) is 12.1. The Morgan fingerprint density at radius 3 is 2.08 bits per heavy atom. The van der Waals surface area contributed by atoms with E-state index >= 15 is 0 Å². The number of rotatable bonds is 5. The molecule has 0 bridgehead atoms. The van der Waals surface area contributed by atoms with E-state index in [1.807, 2.05) is 24.3 Å². The average Bonchev–Trinajstić information content (AvgIpc) is 2.45. The smallest absolute Gasteiger partial charge is 0.151 e. The number of hydrogen-bond acceptors (Lipinski definition) is 3. The molecule has 25 heavy (non-hydrogen) atoms. The summed E-state index contributed by atoms with van der Waals surface area (Å²) in [6.45, 7) is 11.6. The van der Waals surface area contributed by atoms with Gasteiger partial charge in [-0.1, -0.05) is 51.1 Å². The standard InChI is InChI=1S/C21H29NO2S/c1-15-11-18(21(3,4)5)12-16(2)19(15)13-22-20-10-8-7-9-17(20)14-25(6,23)24/h7-12,22H,13-14H2,1-6H3. The lowest BCUT2D eigenvalue weighted by atomic mass is 9.84. The molecule has 0 aromatic heterocycles. The van der Waals surface area contributed by atoms with Crippen LogP contribution in [0.2, 0.25) is 0 Å². The fourth-order valence-electron chi connectivity index (χ4n) is 2.99. The van der Waals surface area contributed by atoms with Crippen LogP contribution in [0.15, 0.2) is 36.4 Å². The SMILES string of the molecule is Cc1cc(C(C)(C)C)cc(C)c1CNc1ccccc1CS(C)(=O)=O. The van der Waals surface area contributed by atoms with E-state index < -0.39 is 9.84 Å². The van der Waals surface area contributed by atoms with Crippen molar-refractivity contribution in [2.45, 2.75) is 52.3 Å². The number of anilines is 1. The van der Waals surface area contributed by atoms with Gasteiger partial charge in [-0.2, -0.15) is 0 Å². The van der Waals surface area contributed by atoms with Gasteiger partial charge in [0.25, 0.3) is 0 Å². The lowest BCUT2D eigenvalue weighted by Crippen LogP contribution is -2.14. The second kappa shape index (κ2) is 7.20. The van der Waals surface area contributed by atoms with E-state index in [1.165, 1.54) is 28.5 Å². The third-order valence-corrected chi connectivity index (χ3v) is 5.29. The van der Waals surface area contributed by atoms with Crippen LogP contribution < -0.4 is 5.32 Å². The molecule has 2 aromatic rings. The monoisotopic (exact) mass is 359 g/mol. The van der Waals surface area contributed by atoms with Crippen LogP contribution in [0.3, 0.4) is 0 Å². The number of benzene rings is 2. The van der Waals surface area contributed by atoms with Gasteiger partial charge in [0.1, 0.15) is 0 Å². The van der Waals surface area contributed by atoms with E-state index in [0.717, 1.165) is 11.3 Å². The second-order valence-electron chi connectivity index (χ2n) is 7.92. The first-order valence-corrected chi connectivity index (χ1v) is 10.6. The summed E-state index contributed by atoms with van der Waals surface area (Å²) in [7, 11) is -3.06. The molecule has 0 unspecified atom stereocenters. The molecule has 4 heteroatoms. The summed E-state index contributed by atoms with van der Waals surface area (Å²) in [5.74, 6) is 0.0527. The van der Waals surface area contributed by atoms with Gasteiger partial charge < -0.3 is 5.32 Å². The molecule has 3 nitrogen and oxygen atoms in total. The number of para-hydroxylation sites is 1. The summed E-state index contributed by atoms with van der Waals surface area (Å²) in [6.07, 6.45) is 1.27. The van der Waals surface area contributed by atoms with Crippen molar-refractivity contribution in [2.24, 2.45) is 0 Å². The van der Waals surface area contributed by atoms with Crippen molar-refractivity contribution in [1.29, 1.82) is 0 Å². The lowest BCUT2D eigenvalue weighted by molar-refractivity contribution is 0.588. The zero-order valence-corrected chi connectivity index (χ0v) is 16.9. The van der Waals surface area contributed by atoms with Gasteiger partial charge in [-0.3, -0.25) is 0 Å². The highest BCUT2D eigenvalue weighted by atomic mass is 32.2. The number of aryl methyl sites for hydroxylation is 2. The summed E-state index contributed by atoms with van der Waals surface area (Å²) in [4.78, 5) is 0. The maximum absolute atomic E-state index is 11.6. The molecule has 0 atom stereocenters. The van der Waals surface area contributed by atoms with E-state index in [2.05, 4.69) is 52.1 Å². The van der Waals surface area contributed by atoms with Crippen LogP contribution in [0, 0.1) is 13.8 Å². The largest absolute Gasteiger partial charge is 0.381 e. The summed E-state index contributed by atoms with van der Waals surface area (Å²) in [5, 5.41) is 3.43. The molecular formula is C21H29NO2S. The Kier molecular flexibility index (Phi) is 5.62. The molecule has 0 fully saturated rings. The minimum atomic E-state index is -3.06. The number of nitrogens with one attached hydrogen (secondary N) is 1. The lowest BCUT2D eigenvalue weighted by Gasteiger charge is -2.23. The molecule has 2 rings (SSSR count). The highest BCUT2D eigenvalue weighted by Gasteiger charge is 2.16. The predicted octanol–water partition coefficient (Wildman–Crippen LogP) is 4.76. The third kappa shape index (κ3) is 5.33. The van der Waals surface area contributed by atoms with Gasteiger partial charge in [0.15, 0.2) is 9.84 Å². The van der Waals surface area contributed by atoms with E-state index in [0.29, 0.717) is 6.54 Å². The third-order valence-electron chi connectivity index (χ3n) is 4.45. The Labute approximate surface area is 152 Å². The van der Waals surface area contributed by atoms with Crippen LogP contribution in [0.5, 0.6) is 0 Å². The summed E-state index contributed by atoms with van der Waals surface area (Å²) < 4.78 is 23.3. The van der Waals surface area contributed by atoms with E-state index in [9.17, 15) is 8.42 Å². The molecule has 136 valence electrons. The second-order valence-corrected chi connectivity index (χ2v) is 10.1. The fourth-order valence-corrected chi connectivity index (χ4v) is 3.81. The molecule has 0 aliphatic carbocycles. The van der Waals surface area contributed by atoms with Crippen molar-refractivity contribution in [3.8, 4) is 0 Å². The van der Waals surface area contributed by atoms with Gasteiger partial charge in [0.05, 0.1) is 5.75 Å². The molecule has 0 aliphatic heterocycles. The van der Waals surface area contributed by atoms with E-state index in [-0.39, 0.29) is 11.2 Å². The summed E-state index contributed by atoms with van der Waals surface area (Å²) in [5.41, 5.74) is 6.95. The molecular weight excluding hydrogens is 330 g/mol. The van der Waals surface area contributed by atoms with E-state index in [1.54, 1.807) is 0 Å². The predicted molar refractivity (Wildman–Crippen MR) is 107 cm³/mol. The van der Waals surface area contributed by atoms with Crippen LogP contribution in [-0.4, -0.2) is 14.7 Å². The minimum Gasteiger partial charge on any atom is -0.381 e. The highest BCUT2D eigenvalue weighted by Crippen LogP contribution is 2.28. The van der Waals surface area contributed by atoms with Crippen LogP contribution >= 0.6 is 0 Å². The Morgan fingerprint density at radius 2 is 1.56 bits per heavy atom. The number of sulfone groups is 1. The van der Waals surface area contributed by atoms with Crippen molar-refractivity contribution in [2.75, 3.05) is 11.6 Å². The Bertz CT molecular complexity index is 839. The normalized spacial score (nSPS) is 12.2. The molecule has 2 aromatic carbocycles. The van der Waals surface area contributed by atoms with Gasteiger partial charge >= 0.3 is 0 Å². The summed E-state index contributed by atoms with van der Waals surface area (Å²) >= 11 is 0. The molecule has 0 aliphatic rings. The van der Waals surface area contributed by atoms with E-state index in [4.69, 9.17) is 0 Å². The van der Waals surface area contributed by atoms with Gasteiger partial charge in [0, 0.05) is 18.5 Å². The average molecular weight is 360 g/mol. The maximum atomic E-state index is 11.6. The van der Waals surface area contributed by atoms with Crippen molar-refractivity contribution in [1.82, 2.24) is 0 Å².